The quantitative estimate of drug-likeness (QED) is 0.818. The number of carbonyl (C=O) groups excluding carboxylic acids is 1. The van der Waals surface area contributed by atoms with Crippen molar-refractivity contribution in [3.63, 3.8) is 0 Å². The summed E-state index contributed by atoms with van der Waals surface area (Å²) < 4.78 is 0. The Labute approximate surface area is 102 Å². The molecule has 0 heterocycles. The number of nitrogens with one attached hydrogen (secondary N) is 1. The predicted octanol–water partition coefficient (Wildman–Crippen LogP) is 2.31. The highest BCUT2D eigenvalue weighted by atomic mass is 16.1. The minimum Gasteiger partial charge on any atom is -0.327 e. The Balaban J connectivity index is 1.92. The van der Waals surface area contributed by atoms with Gasteiger partial charge in [0.2, 0.25) is 5.91 Å². The Morgan fingerprint density at radius 3 is 2.82 bits per heavy atom. The lowest BCUT2D eigenvalue weighted by molar-refractivity contribution is -0.116. The molecule has 1 aromatic carbocycles. The molecule has 0 radical (unpaired) electrons. The Kier molecular flexibility index (Phi) is 3.79. The molecule has 0 bridgehead atoms. The van der Waals surface area contributed by atoms with E-state index in [1.165, 1.54) is 18.4 Å². The van der Waals surface area contributed by atoms with Gasteiger partial charge in [0.25, 0.3) is 0 Å². The molecule has 0 aliphatic heterocycles. The van der Waals surface area contributed by atoms with E-state index >= 15 is 0 Å². The van der Waals surface area contributed by atoms with E-state index in [0.717, 1.165) is 12.1 Å². The normalized spacial score (nSPS) is 16.6. The van der Waals surface area contributed by atoms with E-state index in [-0.39, 0.29) is 11.9 Å². The van der Waals surface area contributed by atoms with Crippen LogP contribution in [0.2, 0.25) is 0 Å². The molecule has 0 spiro atoms. The zero-order chi connectivity index (χ0) is 12.3. The van der Waals surface area contributed by atoms with Crippen molar-refractivity contribution in [2.24, 2.45) is 11.7 Å². The van der Waals surface area contributed by atoms with Gasteiger partial charge in [-0.1, -0.05) is 25.1 Å². The second-order valence-corrected chi connectivity index (χ2v) is 4.76. The molecule has 1 fully saturated rings. The van der Waals surface area contributed by atoms with Crippen molar-refractivity contribution in [1.29, 1.82) is 0 Å². The maximum atomic E-state index is 11.8. The van der Waals surface area contributed by atoms with E-state index in [1.807, 2.05) is 24.3 Å². The smallest absolute Gasteiger partial charge is 0.225 e. The maximum absolute atomic E-state index is 11.8. The highest BCUT2D eigenvalue weighted by Crippen LogP contribution is 2.32. The third-order valence-electron chi connectivity index (χ3n) is 3.32. The molecule has 2 rings (SSSR count). The Morgan fingerprint density at radius 1 is 1.47 bits per heavy atom. The van der Waals surface area contributed by atoms with Crippen LogP contribution in [-0.2, 0) is 11.2 Å². The summed E-state index contributed by atoms with van der Waals surface area (Å²) in [5.74, 6) is 0.604. The fraction of sp³-hybridized carbons (Fsp3) is 0.500. The molecule has 1 atom stereocenters. The van der Waals surface area contributed by atoms with Gasteiger partial charge in [-0.2, -0.15) is 0 Å². The fourth-order valence-corrected chi connectivity index (χ4v) is 2.06. The molecule has 17 heavy (non-hydrogen) atoms. The summed E-state index contributed by atoms with van der Waals surface area (Å²) in [7, 11) is 0. The van der Waals surface area contributed by atoms with Crippen LogP contribution in [0, 0.1) is 5.92 Å². The largest absolute Gasteiger partial charge is 0.327 e. The van der Waals surface area contributed by atoms with Crippen LogP contribution in [0.5, 0.6) is 0 Å². The van der Waals surface area contributed by atoms with Gasteiger partial charge in [0.05, 0.1) is 0 Å². The van der Waals surface area contributed by atoms with Crippen LogP contribution in [0.1, 0.15) is 31.7 Å². The first-order valence-corrected chi connectivity index (χ1v) is 6.34. The maximum Gasteiger partial charge on any atom is 0.225 e. The topological polar surface area (TPSA) is 55.1 Å². The van der Waals surface area contributed by atoms with Gasteiger partial charge in [-0.05, 0) is 36.8 Å². The van der Waals surface area contributed by atoms with Gasteiger partial charge in [-0.25, -0.2) is 0 Å². The molecular formula is C14H20N2O. The molecule has 0 aromatic heterocycles. The Morgan fingerprint density at radius 2 is 2.18 bits per heavy atom. The lowest BCUT2D eigenvalue weighted by Crippen LogP contribution is -2.29. The lowest BCUT2D eigenvalue weighted by atomic mass is 10.1. The van der Waals surface area contributed by atoms with Crippen LogP contribution in [0.4, 0.5) is 5.69 Å². The van der Waals surface area contributed by atoms with Gasteiger partial charge < -0.3 is 11.1 Å². The monoisotopic (exact) mass is 232 g/mol. The molecule has 1 unspecified atom stereocenters. The number of nitrogens with two attached hydrogens (primary N) is 1. The molecule has 3 heteroatoms. The zero-order valence-corrected chi connectivity index (χ0v) is 10.3. The van der Waals surface area contributed by atoms with Crippen molar-refractivity contribution in [1.82, 2.24) is 0 Å². The second kappa shape index (κ2) is 5.32. The number of amides is 1. The van der Waals surface area contributed by atoms with Gasteiger partial charge in [0.15, 0.2) is 0 Å². The molecule has 1 aliphatic carbocycles. The highest BCUT2D eigenvalue weighted by molar-refractivity contribution is 5.91. The van der Waals surface area contributed by atoms with E-state index in [4.69, 9.17) is 5.73 Å². The fourth-order valence-electron chi connectivity index (χ4n) is 2.06. The van der Waals surface area contributed by atoms with Crippen LogP contribution < -0.4 is 11.1 Å². The lowest BCUT2D eigenvalue weighted by Gasteiger charge is -2.12. The molecule has 1 amide bonds. The second-order valence-electron chi connectivity index (χ2n) is 4.76. The molecule has 3 N–H and O–H groups in total. The van der Waals surface area contributed by atoms with Crippen LogP contribution in [-0.4, -0.2) is 11.9 Å². The summed E-state index contributed by atoms with van der Waals surface area (Å²) in [6.07, 6.45) is 3.72. The number of hydrogen-bond acceptors (Lipinski definition) is 2. The van der Waals surface area contributed by atoms with Crippen LogP contribution in [0.3, 0.4) is 0 Å². The van der Waals surface area contributed by atoms with E-state index in [9.17, 15) is 4.79 Å². The van der Waals surface area contributed by atoms with Crippen molar-refractivity contribution >= 4 is 11.6 Å². The molecular weight excluding hydrogens is 212 g/mol. The van der Waals surface area contributed by atoms with Gasteiger partial charge in [0.1, 0.15) is 0 Å². The molecule has 1 aromatic rings. The van der Waals surface area contributed by atoms with Crippen LogP contribution in [0.25, 0.3) is 0 Å². The average molecular weight is 232 g/mol. The van der Waals surface area contributed by atoms with E-state index in [1.54, 1.807) is 0 Å². The van der Waals surface area contributed by atoms with E-state index in [2.05, 4.69) is 12.2 Å². The number of para-hydroxylation sites is 1. The summed E-state index contributed by atoms with van der Waals surface area (Å²) in [6, 6.07) is 7.94. The molecule has 92 valence electrons. The van der Waals surface area contributed by atoms with Gasteiger partial charge in [0, 0.05) is 18.2 Å². The summed E-state index contributed by atoms with van der Waals surface area (Å²) >= 11 is 0. The van der Waals surface area contributed by atoms with Crippen molar-refractivity contribution in [2.45, 2.75) is 38.6 Å². The van der Waals surface area contributed by atoms with Gasteiger partial charge in [-0.3, -0.25) is 4.79 Å². The van der Waals surface area contributed by atoms with E-state index in [0.29, 0.717) is 12.3 Å². The molecule has 0 saturated heterocycles. The standard InChI is InChI=1S/C14H20N2O/c1-2-10-5-3-4-6-13(10)16-14(17)9-12(15)11-7-8-11/h3-6,11-12H,2,7-9,15H2,1H3,(H,16,17). The van der Waals surface area contributed by atoms with Crippen molar-refractivity contribution < 1.29 is 4.79 Å². The summed E-state index contributed by atoms with van der Waals surface area (Å²) in [4.78, 5) is 11.8. The van der Waals surface area contributed by atoms with Crippen LogP contribution >= 0.6 is 0 Å². The Bertz CT molecular complexity index is 399. The zero-order valence-electron chi connectivity index (χ0n) is 10.3. The third-order valence-corrected chi connectivity index (χ3v) is 3.32. The summed E-state index contributed by atoms with van der Waals surface area (Å²) in [6.45, 7) is 2.08. The number of rotatable bonds is 5. The first-order valence-electron chi connectivity index (χ1n) is 6.34. The number of carbonyl (C=O) groups is 1. The summed E-state index contributed by atoms with van der Waals surface area (Å²) in [5.41, 5.74) is 8.03. The van der Waals surface area contributed by atoms with Crippen molar-refractivity contribution in [3.8, 4) is 0 Å². The van der Waals surface area contributed by atoms with Crippen molar-refractivity contribution in [3.05, 3.63) is 29.8 Å². The SMILES string of the molecule is CCc1ccccc1NC(=O)CC(N)C1CC1. The highest BCUT2D eigenvalue weighted by Gasteiger charge is 2.29. The average Bonchev–Trinajstić information content (AvgIpc) is 3.13. The first-order chi connectivity index (χ1) is 8.20. The van der Waals surface area contributed by atoms with Gasteiger partial charge >= 0.3 is 0 Å². The number of anilines is 1. The number of aryl methyl sites for hydroxylation is 1. The Hall–Kier alpha value is -1.35. The van der Waals surface area contributed by atoms with Crippen molar-refractivity contribution in [2.75, 3.05) is 5.32 Å². The van der Waals surface area contributed by atoms with Crippen LogP contribution in [0.15, 0.2) is 24.3 Å². The first kappa shape index (κ1) is 12.1. The molecule has 1 aliphatic rings. The predicted molar refractivity (Wildman–Crippen MR) is 69.8 cm³/mol. The minimum atomic E-state index is 0.0313. The third kappa shape index (κ3) is 3.30. The van der Waals surface area contributed by atoms with Gasteiger partial charge in [-0.15, -0.1) is 0 Å². The number of benzene rings is 1. The molecule has 3 nitrogen and oxygen atoms in total. The number of hydrogen-bond donors (Lipinski definition) is 2. The van der Waals surface area contributed by atoms with E-state index < -0.39 is 0 Å². The molecule has 1 saturated carbocycles. The summed E-state index contributed by atoms with van der Waals surface area (Å²) in [5, 5.41) is 2.96. The minimum absolute atomic E-state index is 0.0313.